The molecular formula is C25H29BrN2O3. The molecule has 1 aliphatic heterocycles. The van der Waals surface area contributed by atoms with Crippen molar-refractivity contribution in [3.05, 3.63) is 63.8 Å². The van der Waals surface area contributed by atoms with Gasteiger partial charge in [-0.25, -0.2) is 4.79 Å². The molecule has 1 aliphatic rings. The van der Waals surface area contributed by atoms with Gasteiger partial charge in [-0.2, -0.15) is 0 Å². The number of aromatic nitrogens is 1. The Morgan fingerprint density at radius 1 is 1.19 bits per heavy atom. The lowest BCUT2D eigenvalue weighted by Gasteiger charge is -2.33. The van der Waals surface area contributed by atoms with Crippen LogP contribution < -0.4 is 0 Å². The Hall–Kier alpha value is -2.31. The summed E-state index contributed by atoms with van der Waals surface area (Å²) >= 11 is 3.46. The van der Waals surface area contributed by atoms with E-state index in [2.05, 4.69) is 44.5 Å². The maximum absolute atomic E-state index is 13.1. The van der Waals surface area contributed by atoms with E-state index < -0.39 is 0 Å². The summed E-state index contributed by atoms with van der Waals surface area (Å²) in [6, 6.07) is 14.3. The largest absolute Gasteiger partial charge is 0.507 e. The number of phenolic OH excluding ortho intramolecular Hbond substituents is 1. The number of nitrogens with zero attached hydrogens (tertiary/aromatic N) is 2. The van der Waals surface area contributed by atoms with Crippen molar-refractivity contribution in [2.24, 2.45) is 0 Å². The van der Waals surface area contributed by atoms with Crippen LogP contribution in [0.4, 0.5) is 0 Å². The summed E-state index contributed by atoms with van der Waals surface area (Å²) in [5.41, 5.74) is 3.58. The van der Waals surface area contributed by atoms with Crippen molar-refractivity contribution >= 4 is 32.8 Å². The predicted octanol–water partition coefficient (Wildman–Crippen LogP) is 5.71. The lowest BCUT2D eigenvalue weighted by atomic mass is 10.0. The van der Waals surface area contributed by atoms with Gasteiger partial charge in [-0.05, 0) is 66.9 Å². The van der Waals surface area contributed by atoms with Crippen LogP contribution in [0, 0.1) is 0 Å². The molecular weight excluding hydrogens is 456 g/mol. The summed E-state index contributed by atoms with van der Waals surface area (Å²) in [4.78, 5) is 15.6. The zero-order chi connectivity index (χ0) is 22.0. The van der Waals surface area contributed by atoms with E-state index in [1.807, 2.05) is 31.2 Å². The molecule has 3 aromatic rings. The first-order valence-electron chi connectivity index (χ1n) is 11.0. The fraction of sp³-hybridized carbons (Fsp3) is 0.400. The molecule has 1 aromatic heterocycles. The minimum absolute atomic E-state index is 0.118. The van der Waals surface area contributed by atoms with E-state index in [0.29, 0.717) is 35.8 Å². The fourth-order valence-corrected chi connectivity index (χ4v) is 4.87. The van der Waals surface area contributed by atoms with Gasteiger partial charge in [0.25, 0.3) is 0 Å². The molecule has 6 heteroatoms. The van der Waals surface area contributed by atoms with Crippen LogP contribution in [0.25, 0.3) is 10.9 Å². The molecule has 0 radical (unpaired) electrons. The number of benzene rings is 2. The second kappa shape index (κ2) is 9.45. The topological polar surface area (TPSA) is 54.7 Å². The van der Waals surface area contributed by atoms with Crippen LogP contribution in [-0.2, 0) is 17.8 Å². The third-order valence-corrected chi connectivity index (χ3v) is 6.83. The number of carbonyl (C=O) groups excluding carboxylic acids is 1. The number of phenols is 1. The summed E-state index contributed by atoms with van der Waals surface area (Å²) in [6.07, 6.45) is 3.58. The van der Waals surface area contributed by atoms with Gasteiger partial charge in [0, 0.05) is 30.2 Å². The van der Waals surface area contributed by atoms with Crippen LogP contribution in [0.3, 0.4) is 0 Å². The van der Waals surface area contributed by atoms with Crippen molar-refractivity contribution in [1.29, 1.82) is 0 Å². The van der Waals surface area contributed by atoms with E-state index in [9.17, 15) is 9.90 Å². The lowest BCUT2D eigenvalue weighted by Crippen LogP contribution is -2.37. The molecule has 0 amide bonds. The third kappa shape index (κ3) is 4.51. The first kappa shape index (κ1) is 21.9. The zero-order valence-corrected chi connectivity index (χ0v) is 19.7. The standard InChI is InChI=1S/C25H29BrN2O3/c1-3-31-25(30)24-19-13-23(29)20(26)14-21(19)28(15-18-10-5-4-6-11-18)22(24)16-27-12-8-7-9-17(27)2/h4-6,10-11,13-14,17,29H,3,7-9,12,15-16H2,1-2H3/t17-/m1/s1. The highest BCUT2D eigenvalue weighted by molar-refractivity contribution is 9.10. The number of carbonyl (C=O) groups is 1. The van der Waals surface area contributed by atoms with E-state index in [1.54, 1.807) is 6.07 Å². The quantitative estimate of drug-likeness (QED) is 0.455. The number of aromatic hydroxyl groups is 1. The first-order chi connectivity index (χ1) is 15.0. The number of piperidine rings is 1. The van der Waals surface area contributed by atoms with Crippen LogP contribution in [0.2, 0.25) is 0 Å². The second-order valence-corrected chi connectivity index (χ2v) is 9.10. The molecule has 0 saturated carbocycles. The highest BCUT2D eigenvalue weighted by Crippen LogP contribution is 2.36. The highest BCUT2D eigenvalue weighted by atomic mass is 79.9. The molecule has 164 valence electrons. The molecule has 1 atom stereocenters. The number of fused-ring (bicyclic) bond motifs is 1. The van der Waals surface area contributed by atoms with Crippen LogP contribution in [-0.4, -0.2) is 39.7 Å². The van der Waals surface area contributed by atoms with Crippen molar-refractivity contribution < 1.29 is 14.6 Å². The van der Waals surface area contributed by atoms with E-state index in [1.165, 1.54) is 19.3 Å². The first-order valence-corrected chi connectivity index (χ1v) is 11.8. The average molecular weight is 485 g/mol. The number of hydrogen-bond donors (Lipinski definition) is 1. The van der Waals surface area contributed by atoms with Crippen molar-refractivity contribution in [2.45, 2.75) is 52.2 Å². The Labute approximate surface area is 191 Å². The van der Waals surface area contributed by atoms with Crippen molar-refractivity contribution in [3.8, 4) is 5.75 Å². The molecule has 5 nitrogen and oxygen atoms in total. The fourth-order valence-electron chi connectivity index (χ4n) is 4.54. The van der Waals surface area contributed by atoms with Crippen LogP contribution >= 0.6 is 15.9 Å². The Bertz CT molecular complexity index is 1080. The van der Waals surface area contributed by atoms with Gasteiger partial charge in [0.05, 0.1) is 22.2 Å². The second-order valence-electron chi connectivity index (χ2n) is 8.25. The Kier molecular flexibility index (Phi) is 6.68. The number of rotatable bonds is 6. The maximum Gasteiger partial charge on any atom is 0.340 e. The zero-order valence-electron chi connectivity index (χ0n) is 18.1. The Morgan fingerprint density at radius 3 is 2.68 bits per heavy atom. The van der Waals surface area contributed by atoms with Gasteiger partial charge in [0.1, 0.15) is 5.75 Å². The third-order valence-electron chi connectivity index (χ3n) is 6.20. The number of halogens is 1. The van der Waals surface area contributed by atoms with Gasteiger partial charge in [0.15, 0.2) is 0 Å². The van der Waals surface area contributed by atoms with Gasteiger partial charge in [-0.3, -0.25) is 4.90 Å². The highest BCUT2D eigenvalue weighted by Gasteiger charge is 2.28. The van der Waals surface area contributed by atoms with Crippen LogP contribution in [0.5, 0.6) is 5.75 Å². The minimum atomic E-state index is -0.333. The molecule has 4 rings (SSSR count). The minimum Gasteiger partial charge on any atom is -0.507 e. The molecule has 0 spiro atoms. The van der Waals surface area contributed by atoms with Gasteiger partial charge < -0.3 is 14.4 Å². The van der Waals surface area contributed by atoms with Gasteiger partial charge >= 0.3 is 5.97 Å². The summed E-state index contributed by atoms with van der Waals surface area (Å²) in [5, 5.41) is 11.1. The molecule has 0 bridgehead atoms. The Morgan fingerprint density at radius 2 is 1.97 bits per heavy atom. The molecule has 2 heterocycles. The number of hydrogen-bond acceptors (Lipinski definition) is 4. The summed E-state index contributed by atoms with van der Waals surface area (Å²) in [7, 11) is 0. The number of likely N-dealkylation sites (tertiary alicyclic amines) is 1. The SMILES string of the molecule is CCOC(=O)c1c(CN2CCCC[C@H]2C)n(Cc2ccccc2)c2cc(Br)c(O)cc12. The van der Waals surface area contributed by atoms with Gasteiger partial charge in [-0.15, -0.1) is 0 Å². The number of ether oxygens (including phenoxy) is 1. The maximum atomic E-state index is 13.1. The van der Waals surface area contributed by atoms with E-state index in [4.69, 9.17) is 4.74 Å². The monoisotopic (exact) mass is 484 g/mol. The predicted molar refractivity (Wildman–Crippen MR) is 127 cm³/mol. The van der Waals surface area contributed by atoms with E-state index in [-0.39, 0.29) is 11.7 Å². The molecule has 1 saturated heterocycles. The number of esters is 1. The molecule has 0 aliphatic carbocycles. The normalized spacial score (nSPS) is 17.2. The summed E-state index contributed by atoms with van der Waals surface area (Å²) < 4.78 is 8.28. The molecule has 1 N–H and O–H groups in total. The van der Waals surface area contributed by atoms with Crippen LogP contribution in [0.15, 0.2) is 46.9 Å². The molecule has 1 fully saturated rings. The molecule has 31 heavy (non-hydrogen) atoms. The summed E-state index contributed by atoms with van der Waals surface area (Å²) in [6.45, 7) is 6.73. The average Bonchev–Trinajstić information content (AvgIpc) is 3.03. The van der Waals surface area contributed by atoms with Crippen LogP contribution in [0.1, 0.15) is 54.7 Å². The van der Waals surface area contributed by atoms with Crippen molar-refractivity contribution in [2.75, 3.05) is 13.2 Å². The molecule has 2 aromatic carbocycles. The smallest absolute Gasteiger partial charge is 0.340 e. The Balaban J connectivity index is 1.92. The van der Waals surface area contributed by atoms with Gasteiger partial charge in [-0.1, -0.05) is 36.8 Å². The van der Waals surface area contributed by atoms with Crippen molar-refractivity contribution in [1.82, 2.24) is 9.47 Å². The van der Waals surface area contributed by atoms with E-state index in [0.717, 1.165) is 28.7 Å². The van der Waals surface area contributed by atoms with E-state index >= 15 is 0 Å². The lowest BCUT2D eigenvalue weighted by molar-refractivity contribution is 0.0524. The van der Waals surface area contributed by atoms with Crippen molar-refractivity contribution in [3.63, 3.8) is 0 Å². The summed E-state index contributed by atoms with van der Waals surface area (Å²) in [5.74, 6) is -0.214. The molecule has 0 unspecified atom stereocenters. The van der Waals surface area contributed by atoms with Gasteiger partial charge in [0.2, 0.25) is 0 Å².